The van der Waals surface area contributed by atoms with Crippen LogP contribution in [0.2, 0.25) is 0 Å². The fourth-order valence-corrected chi connectivity index (χ4v) is 15.6. The first-order valence-electron chi connectivity index (χ1n) is 35.6. The van der Waals surface area contributed by atoms with Gasteiger partial charge in [0.15, 0.2) is 0 Å². The minimum Gasteiger partial charge on any atom is -0.0622 e. The molecule has 96 heavy (non-hydrogen) atoms. The van der Waals surface area contributed by atoms with Gasteiger partial charge in [0.05, 0.1) is 0 Å². The summed E-state index contributed by atoms with van der Waals surface area (Å²) in [6.45, 7) is 57.1. The van der Waals surface area contributed by atoms with Crippen molar-refractivity contribution in [2.45, 2.75) is 209 Å². The van der Waals surface area contributed by atoms with E-state index in [-0.39, 0.29) is 43.3 Å². The van der Waals surface area contributed by atoms with Crippen LogP contribution in [0.15, 0.2) is 182 Å². The molecular formula is C96H102. The van der Waals surface area contributed by atoms with Crippen molar-refractivity contribution in [1.29, 1.82) is 0 Å². The molecule has 0 bridgehead atoms. The third-order valence-corrected chi connectivity index (χ3v) is 21.7. The molecule has 486 valence electrons. The number of rotatable bonds is 5. The molecule has 0 unspecified atom stereocenters. The molecule has 2 aliphatic carbocycles. The maximum absolute atomic E-state index is 2.65. The molecule has 0 heterocycles. The van der Waals surface area contributed by atoms with Gasteiger partial charge in [0.2, 0.25) is 0 Å². The maximum atomic E-state index is 2.65. The minimum atomic E-state index is -0.0918. The topological polar surface area (TPSA) is 0 Å². The van der Waals surface area contributed by atoms with Crippen LogP contribution >= 0.6 is 0 Å². The molecule has 0 amide bonds. The lowest BCUT2D eigenvalue weighted by Crippen LogP contribution is -2.17. The van der Waals surface area contributed by atoms with E-state index in [0.717, 1.165) is 0 Å². The van der Waals surface area contributed by atoms with Gasteiger partial charge in [0.25, 0.3) is 0 Å². The van der Waals surface area contributed by atoms with Crippen LogP contribution in [0, 0.1) is 41.7 Å². The smallest absolute Gasteiger partial charge is 0.000740 e. The molecule has 0 heteroatoms. The van der Waals surface area contributed by atoms with Crippen LogP contribution in [0.1, 0.15) is 211 Å². The van der Waals surface area contributed by atoms with E-state index < -0.39 is 0 Å². The average molecular weight is 1260 g/mol. The molecule has 14 rings (SSSR count). The van der Waals surface area contributed by atoms with E-state index in [1.54, 1.807) is 0 Å². The van der Waals surface area contributed by atoms with Gasteiger partial charge in [-0.2, -0.15) is 0 Å². The van der Waals surface area contributed by atoms with Crippen molar-refractivity contribution in [3.05, 3.63) is 268 Å². The number of fused-ring (bicyclic) bond motifs is 5. The van der Waals surface area contributed by atoms with Crippen molar-refractivity contribution in [3.63, 3.8) is 0 Å². The Hall–Kier alpha value is -8.32. The molecule has 12 aromatic carbocycles. The van der Waals surface area contributed by atoms with E-state index in [2.05, 4.69) is 348 Å². The fourth-order valence-electron chi connectivity index (χ4n) is 15.6. The second-order valence-corrected chi connectivity index (χ2v) is 37.1. The van der Waals surface area contributed by atoms with Crippen LogP contribution in [-0.2, 0) is 43.3 Å². The molecule has 0 aromatic heterocycles. The molecule has 0 radical (unpaired) electrons. The zero-order chi connectivity index (χ0) is 68.8. The highest BCUT2D eigenvalue weighted by molar-refractivity contribution is 6.22. The van der Waals surface area contributed by atoms with E-state index in [1.165, 1.54) is 185 Å². The van der Waals surface area contributed by atoms with Gasteiger partial charge in [-0.15, -0.1) is 0 Å². The molecular weight excluding hydrogens is 1150 g/mol. The number of hydrogen-bond donors (Lipinski definition) is 0. The van der Waals surface area contributed by atoms with E-state index in [4.69, 9.17) is 0 Å². The van der Waals surface area contributed by atoms with Gasteiger partial charge in [-0.25, -0.2) is 0 Å². The molecule has 0 atom stereocenters. The summed E-state index contributed by atoms with van der Waals surface area (Å²) in [6, 6.07) is 73.5. The van der Waals surface area contributed by atoms with E-state index in [9.17, 15) is 0 Å². The van der Waals surface area contributed by atoms with Crippen molar-refractivity contribution in [1.82, 2.24) is 0 Å². The lowest BCUT2D eigenvalue weighted by molar-refractivity contribution is 0.568. The van der Waals surface area contributed by atoms with Gasteiger partial charge in [0.1, 0.15) is 0 Å². The largest absolute Gasteiger partial charge is 0.0622 e. The first-order valence-corrected chi connectivity index (χ1v) is 35.6. The van der Waals surface area contributed by atoms with Crippen molar-refractivity contribution < 1.29 is 0 Å². The first kappa shape index (κ1) is 65.0. The van der Waals surface area contributed by atoms with Gasteiger partial charge in [0, 0.05) is 0 Å². The molecule has 0 saturated carbocycles. The Labute approximate surface area is 572 Å². The Kier molecular flexibility index (Phi) is 14.6. The van der Waals surface area contributed by atoms with Crippen LogP contribution in [0.4, 0.5) is 0 Å². The standard InChI is InChI=1S/C96H102/c1-89(2,3)61-40-57(41-62(49-61)90(4,5)6)81-73-35-34-56(55-30-26-25-27-31-55)48-78(73)82(58-42-63(91(7,8)9)50-64(43-58)92(10,11)12)80-54-77-72-37-39-75-86-74(38-36-71(85(72)86)76(77)53-79(80)81)87-83(59-44-65(93(13,14)15)51-66(45-59)94(16,17)18)69-32-28-29-33-70(69)84(88(75)87)60-46-67(95(19,20)21)52-68(47-60)96(22,23)24/h25-54H,1-24H3. The molecule has 0 N–H and O–H groups in total. The predicted molar refractivity (Wildman–Crippen MR) is 417 cm³/mol. The molecule has 12 aromatic rings. The van der Waals surface area contributed by atoms with E-state index in [0.29, 0.717) is 0 Å². The molecule has 0 fully saturated rings. The Morgan fingerprint density at radius 2 is 0.427 bits per heavy atom. The fraction of sp³-hybridized carbons (Fsp3) is 0.333. The molecule has 2 aliphatic rings. The van der Waals surface area contributed by atoms with Crippen LogP contribution in [0.3, 0.4) is 0 Å². The van der Waals surface area contributed by atoms with Crippen LogP contribution in [0.25, 0.3) is 98.7 Å². The third kappa shape index (κ3) is 10.9. The lowest BCUT2D eigenvalue weighted by atomic mass is 9.76. The van der Waals surface area contributed by atoms with Crippen LogP contribution < -0.4 is 0 Å². The van der Waals surface area contributed by atoms with Gasteiger partial charge < -0.3 is 0 Å². The summed E-state index contributed by atoms with van der Waals surface area (Å²) in [4.78, 5) is 0. The predicted octanol–water partition coefficient (Wildman–Crippen LogP) is 26.8. The van der Waals surface area contributed by atoms with Gasteiger partial charge in [-0.1, -0.05) is 330 Å². The van der Waals surface area contributed by atoms with Gasteiger partial charge >= 0.3 is 0 Å². The van der Waals surface area contributed by atoms with Gasteiger partial charge in [-0.05, 0) is 247 Å². The first-order chi connectivity index (χ1) is 44.6. The number of hydrogen-bond acceptors (Lipinski definition) is 0. The Balaban J connectivity index is 1.24. The zero-order valence-electron chi connectivity index (χ0n) is 62.3. The van der Waals surface area contributed by atoms with Crippen molar-refractivity contribution in [3.8, 4) is 55.6 Å². The number of benzene rings is 12. The summed E-state index contributed by atoms with van der Waals surface area (Å²) < 4.78 is 0. The second-order valence-electron chi connectivity index (χ2n) is 37.1. The van der Waals surface area contributed by atoms with Crippen molar-refractivity contribution >= 4 is 43.1 Å². The van der Waals surface area contributed by atoms with E-state index in [1.807, 2.05) is 0 Å². The molecule has 0 nitrogen and oxygen atoms in total. The van der Waals surface area contributed by atoms with Crippen molar-refractivity contribution in [2.75, 3.05) is 0 Å². The average Bonchev–Trinajstić information content (AvgIpc) is 1.48. The summed E-state index contributed by atoms with van der Waals surface area (Å²) in [5.74, 6) is 0. The second kappa shape index (κ2) is 21.6. The summed E-state index contributed by atoms with van der Waals surface area (Å²) in [6.07, 6.45) is 0. The highest BCUT2D eigenvalue weighted by Gasteiger charge is 2.31. The Morgan fingerprint density at radius 1 is 0.167 bits per heavy atom. The molecule has 0 saturated heterocycles. The zero-order valence-corrected chi connectivity index (χ0v) is 62.3. The third-order valence-electron chi connectivity index (χ3n) is 21.7. The molecule has 0 aliphatic heterocycles. The van der Waals surface area contributed by atoms with Crippen molar-refractivity contribution in [2.24, 2.45) is 0 Å². The summed E-state index contributed by atoms with van der Waals surface area (Å²) in [5.41, 5.74) is 23.0. The Bertz CT molecular complexity index is 5460. The summed E-state index contributed by atoms with van der Waals surface area (Å²) in [5, 5.41) is 21.0. The highest BCUT2D eigenvalue weighted by Crippen LogP contribution is 2.51. The minimum absolute atomic E-state index is 0.0726. The maximum Gasteiger partial charge on any atom is -0.000740 e. The van der Waals surface area contributed by atoms with Crippen LogP contribution in [-0.4, -0.2) is 0 Å². The van der Waals surface area contributed by atoms with Crippen LogP contribution in [0.5, 0.6) is 0 Å². The van der Waals surface area contributed by atoms with Gasteiger partial charge in [-0.3, -0.25) is 0 Å². The Morgan fingerprint density at radius 3 is 0.750 bits per heavy atom. The summed E-state index contributed by atoms with van der Waals surface area (Å²) >= 11 is 0. The SMILES string of the molecule is CC(C)(C)c1cc(-c2c3c(c(-c4cc(C(C)(C)C)cc(C(C)(C)C)c4)c4ccccc24)=c2ccc4c5c(ccc=3c25)=c2cc3c(-c5cc(C(C)(C)C)cc(C(C)(C)C)c5)c5ccc(-c6ccccc6)cc5c(-c5cc(C(C)(C)C)cc(C(C)(C)C)c5)c3cc2=4)cc(C(C)(C)C)c1. The normalized spacial score (nSPS) is 13.6. The molecule has 0 spiro atoms. The summed E-state index contributed by atoms with van der Waals surface area (Å²) in [7, 11) is 0. The quantitative estimate of drug-likeness (QED) is 0.151. The lowest BCUT2D eigenvalue weighted by Gasteiger charge is -2.28. The van der Waals surface area contributed by atoms with E-state index >= 15 is 0 Å². The monoisotopic (exact) mass is 1250 g/mol. The highest BCUT2D eigenvalue weighted by atomic mass is 14.3.